The van der Waals surface area contributed by atoms with E-state index in [-0.39, 0.29) is 0 Å². The van der Waals surface area contributed by atoms with Gasteiger partial charge in [-0.1, -0.05) is 0 Å². The van der Waals surface area contributed by atoms with Crippen LogP contribution in [0.3, 0.4) is 0 Å². The van der Waals surface area contributed by atoms with Crippen LogP contribution in [-0.4, -0.2) is 36.6 Å². The van der Waals surface area contributed by atoms with Crippen LogP contribution in [-0.2, 0) is 0 Å². The van der Waals surface area contributed by atoms with Gasteiger partial charge in [0, 0.05) is 24.7 Å². The molecule has 1 aliphatic rings. The number of nitrogens with one attached hydrogen (secondary N) is 1. The van der Waals surface area contributed by atoms with Gasteiger partial charge in [-0.25, -0.2) is 0 Å². The zero-order chi connectivity index (χ0) is 7.78. The third-order valence-corrected chi connectivity index (χ3v) is 1.89. The van der Waals surface area contributed by atoms with Crippen LogP contribution in [0.25, 0.3) is 0 Å². The smallest absolute Gasteiger partial charge is 0.0255 e. The Morgan fingerprint density at radius 2 is 2.10 bits per heavy atom. The summed E-state index contributed by atoms with van der Waals surface area (Å²) >= 11 is 0. The van der Waals surface area contributed by atoms with Gasteiger partial charge in [-0.3, -0.25) is 0 Å². The van der Waals surface area contributed by atoms with Crippen LogP contribution in [0.15, 0.2) is 0 Å². The molecular weight excluding hydrogens is 124 g/mol. The van der Waals surface area contributed by atoms with Crippen molar-refractivity contribution in [3.63, 3.8) is 0 Å². The second kappa shape index (κ2) is 2.51. The van der Waals surface area contributed by atoms with E-state index in [0.29, 0.717) is 11.6 Å². The van der Waals surface area contributed by atoms with Crippen LogP contribution in [0, 0.1) is 0 Å². The van der Waals surface area contributed by atoms with Crippen LogP contribution in [0.4, 0.5) is 0 Å². The third-order valence-electron chi connectivity index (χ3n) is 1.89. The molecule has 10 heavy (non-hydrogen) atoms. The predicted molar refractivity (Wildman–Crippen MR) is 44.2 cm³/mol. The van der Waals surface area contributed by atoms with Crippen molar-refractivity contribution in [3.8, 4) is 0 Å². The molecule has 2 nitrogen and oxygen atoms in total. The molecule has 1 atom stereocenters. The van der Waals surface area contributed by atoms with Crippen LogP contribution in [0.2, 0.25) is 0 Å². The van der Waals surface area contributed by atoms with Gasteiger partial charge in [-0.05, 0) is 27.8 Å². The standard InChI is InChI=1S/C8H18N2/c1-7-5-10(4)6-8(2,3)9-7/h7,9H,5-6H2,1-4H3/t7-/m0/s1. The molecular formula is C8H18N2. The minimum Gasteiger partial charge on any atom is -0.307 e. The lowest BCUT2D eigenvalue weighted by Gasteiger charge is -2.41. The van der Waals surface area contributed by atoms with Crippen molar-refractivity contribution < 1.29 is 0 Å². The maximum atomic E-state index is 3.54. The minimum atomic E-state index is 0.298. The molecule has 0 saturated carbocycles. The Kier molecular flexibility index (Phi) is 2.02. The molecule has 1 fully saturated rings. The van der Waals surface area contributed by atoms with Gasteiger partial charge >= 0.3 is 0 Å². The van der Waals surface area contributed by atoms with Crippen molar-refractivity contribution >= 4 is 0 Å². The van der Waals surface area contributed by atoms with E-state index >= 15 is 0 Å². The largest absolute Gasteiger partial charge is 0.307 e. The fraction of sp³-hybridized carbons (Fsp3) is 1.00. The first-order valence-electron chi connectivity index (χ1n) is 3.96. The lowest BCUT2D eigenvalue weighted by molar-refractivity contribution is 0.149. The molecule has 0 spiro atoms. The molecule has 1 N–H and O–H groups in total. The van der Waals surface area contributed by atoms with E-state index in [9.17, 15) is 0 Å². The van der Waals surface area contributed by atoms with Crippen molar-refractivity contribution in [3.05, 3.63) is 0 Å². The average molecular weight is 142 g/mol. The van der Waals surface area contributed by atoms with E-state index in [2.05, 4.69) is 38.0 Å². The lowest BCUT2D eigenvalue weighted by atomic mass is 10.00. The molecule has 1 aliphatic heterocycles. The number of hydrogen-bond acceptors (Lipinski definition) is 2. The second-order valence-corrected chi connectivity index (χ2v) is 4.13. The Bertz CT molecular complexity index is 108. The minimum absolute atomic E-state index is 0.298. The van der Waals surface area contributed by atoms with E-state index < -0.39 is 0 Å². The SMILES string of the molecule is C[C@H]1CN(C)CC(C)(C)N1. The predicted octanol–water partition coefficient (Wildman–Crippen LogP) is 0.688. The van der Waals surface area contributed by atoms with E-state index in [0.717, 1.165) is 6.54 Å². The molecule has 0 aromatic carbocycles. The van der Waals surface area contributed by atoms with Gasteiger partial charge < -0.3 is 10.2 Å². The maximum absolute atomic E-state index is 3.54. The van der Waals surface area contributed by atoms with E-state index in [1.807, 2.05) is 0 Å². The van der Waals surface area contributed by atoms with Crippen molar-refractivity contribution in [1.29, 1.82) is 0 Å². The van der Waals surface area contributed by atoms with E-state index in [1.54, 1.807) is 0 Å². The van der Waals surface area contributed by atoms with Crippen LogP contribution < -0.4 is 5.32 Å². The summed E-state index contributed by atoms with van der Waals surface area (Å²) in [6.07, 6.45) is 0. The number of nitrogens with zero attached hydrogens (tertiary/aromatic N) is 1. The Morgan fingerprint density at radius 1 is 1.50 bits per heavy atom. The quantitative estimate of drug-likeness (QED) is 0.535. The molecule has 2 heteroatoms. The van der Waals surface area contributed by atoms with Gasteiger partial charge in [0.25, 0.3) is 0 Å². The molecule has 1 rings (SSSR count). The third kappa shape index (κ3) is 1.96. The lowest BCUT2D eigenvalue weighted by Crippen LogP contribution is -2.59. The molecule has 1 saturated heterocycles. The first-order valence-corrected chi connectivity index (χ1v) is 3.96. The molecule has 0 bridgehead atoms. The van der Waals surface area contributed by atoms with Crippen molar-refractivity contribution in [2.45, 2.75) is 32.4 Å². The first-order chi connectivity index (χ1) is 4.49. The number of piperazine rings is 1. The zero-order valence-electron chi connectivity index (χ0n) is 7.44. The highest BCUT2D eigenvalue weighted by Gasteiger charge is 2.27. The molecule has 1 heterocycles. The summed E-state index contributed by atoms with van der Waals surface area (Å²) in [5.74, 6) is 0. The van der Waals surface area contributed by atoms with Crippen LogP contribution >= 0.6 is 0 Å². The monoisotopic (exact) mass is 142 g/mol. The summed E-state index contributed by atoms with van der Waals surface area (Å²) < 4.78 is 0. The maximum Gasteiger partial charge on any atom is 0.0255 e. The van der Waals surface area contributed by atoms with Gasteiger partial charge in [-0.2, -0.15) is 0 Å². The number of rotatable bonds is 0. The number of likely N-dealkylation sites (N-methyl/N-ethyl adjacent to an activating group) is 1. The molecule has 0 unspecified atom stereocenters. The molecule has 0 aromatic heterocycles. The van der Waals surface area contributed by atoms with Crippen molar-refractivity contribution in [2.24, 2.45) is 0 Å². The molecule has 60 valence electrons. The van der Waals surface area contributed by atoms with E-state index in [4.69, 9.17) is 0 Å². The summed E-state index contributed by atoms with van der Waals surface area (Å²) in [6.45, 7) is 9.05. The summed E-state index contributed by atoms with van der Waals surface area (Å²) in [4.78, 5) is 2.38. The number of hydrogen-bond donors (Lipinski definition) is 1. The van der Waals surface area contributed by atoms with Crippen molar-refractivity contribution in [2.75, 3.05) is 20.1 Å². The highest BCUT2D eigenvalue weighted by Crippen LogP contribution is 2.11. The second-order valence-electron chi connectivity index (χ2n) is 4.13. The highest BCUT2D eigenvalue weighted by molar-refractivity contribution is 4.89. The van der Waals surface area contributed by atoms with Crippen molar-refractivity contribution in [1.82, 2.24) is 10.2 Å². The van der Waals surface area contributed by atoms with Crippen LogP contribution in [0.5, 0.6) is 0 Å². The van der Waals surface area contributed by atoms with Gasteiger partial charge in [0.1, 0.15) is 0 Å². The van der Waals surface area contributed by atoms with Gasteiger partial charge in [0.05, 0.1) is 0 Å². The Morgan fingerprint density at radius 3 is 2.50 bits per heavy atom. The average Bonchev–Trinajstić information content (AvgIpc) is 1.54. The first kappa shape index (κ1) is 8.02. The van der Waals surface area contributed by atoms with Gasteiger partial charge in [0.2, 0.25) is 0 Å². The Hall–Kier alpha value is -0.0800. The van der Waals surface area contributed by atoms with Gasteiger partial charge in [-0.15, -0.1) is 0 Å². The summed E-state index contributed by atoms with van der Waals surface area (Å²) in [5, 5.41) is 3.54. The molecule has 0 radical (unpaired) electrons. The fourth-order valence-electron chi connectivity index (χ4n) is 1.97. The van der Waals surface area contributed by atoms with Gasteiger partial charge in [0.15, 0.2) is 0 Å². The molecule has 0 aliphatic carbocycles. The zero-order valence-corrected chi connectivity index (χ0v) is 7.44. The summed E-state index contributed by atoms with van der Waals surface area (Å²) in [6, 6.07) is 0.633. The fourth-order valence-corrected chi connectivity index (χ4v) is 1.97. The summed E-state index contributed by atoms with van der Waals surface area (Å²) in [7, 11) is 2.18. The highest BCUT2D eigenvalue weighted by atomic mass is 15.2. The molecule has 0 aromatic rings. The normalized spacial score (nSPS) is 34.2. The molecule has 0 amide bonds. The topological polar surface area (TPSA) is 15.3 Å². The summed E-state index contributed by atoms with van der Waals surface area (Å²) in [5.41, 5.74) is 0.298. The van der Waals surface area contributed by atoms with E-state index in [1.165, 1.54) is 6.54 Å². The Labute approximate surface area is 63.6 Å². The Balaban J connectivity index is 2.51. The van der Waals surface area contributed by atoms with Crippen LogP contribution in [0.1, 0.15) is 20.8 Å².